The van der Waals surface area contributed by atoms with Gasteiger partial charge < -0.3 is 10.4 Å². The molecule has 0 atom stereocenters. The summed E-state index contributed by atoms with van der Waals surface area (Å²) in [6, 6.07) is 10.1. The summed E-state index contributed by atoms with van der Waals surface area (Å²) in [5.41, 5.74) is 1.12. The first-order valence-electron chi connectivity index (χ1n) is 6.16. The maximum absolute atomic E-state index is 13.4. The zero-order valence-electron chi connectivity index (χ0n) is 11.0. The number of halogens is 2. The van der Waals surface area contributed by atoms with Crippen molar-refractivity contribution in [3.05, 3.63) is 59.7 Å². The first kappa shape index (κ1) is 15.5. The molecule has 110 valence electrons. The highest BCUT2D eigenvalue weighted by molar-refractivity contribution is 8.00. The molecule has 21 heavy (non-hydrogen) atoms. The fraction of sp³-hybridized carbons (Fsp3) is 0.133. The number of thioether (sulfide) groups is 1. The molecule has 0 aliphatic carbocycles. The predicted molar refractivity (Wildman–Crippen MR) is 78.1 cm³/mol. The number of rotatable bonds is 5. The molecule has 3 nitrogen and oxygen atoms in total. The SMILES string of the molecule is O=C(CSc1ccc(F)cc1F)Nc1ccccc1CO. The Bertz CT molecular complexity index is 649. The monoisotopic (exact) mass is 309 g/mol. The Morgan fingerprint density at radius 2 is 1.95 bits per heavy atom. The van der Waals surface area contributed by atoms with E-state index in [-0.39, 0.29) is 23.2 Å². The van der Waals surface area contributed by atoms with Gasteiger partial charge >= 0.3 is 0 Å². The van der Waals surface area contributed by atoms with E-state index in [0.29, 0.717) is 11.3 Å². The maximum atomic E-state index is 13.4. The molecule has 2 rings (SSSR count). The van der Waals surface area contributed by atoms with Crippen molar-refractivity contribution < 1.29 is 18.7 Å². The number of hydrogen-bond donors (Lipinski definition) is 2. The van der Waals surface area contributed by atoms with Crippen molar-refractivity contribution in [2.45, 2.75) is 11.5 Å². The number of carbonyl (C=O) groups is 1. The molecule has 2 aromatic carbocycles. The summed E-state index contributed by atoms with van der Waals surface area (Å²) in [6.07, 6.45) is 0. The third kappa shape index (κ3) is 4.27. The highest BCUT2D eigenvalue weighted by Crippen LogP contribution is 2.23. The number of benzene rings is 2. The van der Waals surface area contributed by atoms with E-state index in [4.69, 9.17) is 5.11 Å². The summed E-state index contributed by atoms with van der Waals surface area (Å²) in [5.74, 6) is -1.69. The van der Waals surface area contributed by atoms with Gasteiger partial charge in [0.2, 0.25) is 5.91 Å². The highest BCUT2D eigenvalue weighted by atomic mass is 32.2. The quantitative estimate of drug-likeness (QED) is 0.834. The Morgan fingerprint density at radius 3 is 2.67 bits per heavy atom. The Balaban J connectivity index is 1.96. The molecular formula is C15H13F2NO2S. The van der Waals surface area contributed by atoms with Gasteiger partial charge in [-0.1, -0.05) is 18.2 Å². The molecule has 0 bridgehead atoms. The van der Waals surface area contributed by atoms with E-state index in [2.05, 4.69) is 5.32 Å². The van der Waals surface area contributed by atoms with Gasteiger partial charge in [-0.2, -0.15) is 0 Å². The number of carbonyl (C=O) groups excluding carboxylic acids is 1. The van der Waals surface area contributed by atoms with Crippen LogP contribution in [0.3, 0.4) is 0 Å². The van der Waals surface area contributed by atoms with Crippen molar-refractivity contribution in [3.8, 4) is 0 Å². The molecule has 0 fully saturated rings. The van der Waals surface area contributed by atoms with Gasteiger partial charge in [0.25, 0.3) is 0 Å². The first-order chi connectivity index (χ1) is 10.1. The van der Waals surface area contributed by atoms with Gasteiger partial charge in [-0.15, -0.1) is 11.8 Å². The fourth-order valence-electron chi connectivity index (χ4n) is 1.70. The van der Waals surface area contributed by atoms with E-state index in [9.17, 15) is 13.6 Å². The third-order valence-corrected chi connectivity index (χ3v) is 3.76. The summed E-state index contributed by atoms with van der Waals surface area (Å²) >= 11 is 0.980. The van der Waals surface area contributed by atoms with E-state index >= 15 is 0 Å². The summed E-state index contributed by atoms with van der Waals surface area (Å²) in [6.45, 7) is -0.184. The highest BCUT2D eigenvalue weighted by Gasteiger charge is 2.09. The van der Waals surface area contributed by atoms with Crippen molar-refractivity contribution in [3.63, 3.8) is 0 Å². The van der Waals surface area contributed by atoms with E-state index in [1.807, 2.05) is 0 Å². The molecule has 0 heterocycles. The third-order valence-electron chi connectivity index (χ3n) is 2.71. The predicted octanol–water partition coefficient (Wildman–Crippen LogP) is 3.19. The molecule has 6 heteroatoms. The van der Waals surface area contributed by atoms with Gasteiger partial charge in [0.15, 0.2) is 0 Å². The normalized spacial score (nSPS) is 10.4. The van der Waals surface area contributed by atoms with Crippen LogP contribution in [0.15, 0.2) is 47.4 Å². The molecule has 0 saturated carbocycles. The van der Waals surface area contributed by atoms with Crippen LogP contribution in [0.5, 0.6) is 0 Å². The lowest BCUT2D eigenvalue weighted by Crippen LogP contribution is -2.15. The molecule has 2 N–H and O–H groups in total. The van der Waals surface area contributed by atoms with Crippen LogP contribution in [0.2, 0.25) is 0 Å². The van der Waals surface area contributed by atoms with Gasteiger partial charge in [-0.25, -0.2) is 8.78 Å². The largest absolute Gasteiger partial charge is 0.392 e. The Hall–Kier alpha value is -1.92. The van der Waals surface area contributed by atoms with Crippen molar-refractivity contribution in [1.82, 2.24) is 0 Å². The fourth-order valence-corrected chi connectivity index (χ4v) is 2.42. The van der Waals surface area contributed by atoms with Crippen LogP contribution in [0.1, 0.15) is 5.56 Å². The second kappa shape index (κ2) is 7.19. The lowest BCUT2D eigenvalue weighted by atomic mass is 10.2. The number of aliphatic hydroxyl groups is 1. The molecule has 0 aliphatic rings. The second-order valence-electron chi connectivity index (χ2n) is 4.23. The van der Waals surface area contributed by atoms with E-state index in [1.165, 1.54) is 6.07 Å². The number of nitrogens with one attached hydrogen (secondary N) is 1. The summed E-state index contributed by atoms with van der Waals surface area (Å²) in [5, 5.41) is 11.8. The lowest BCUT2D eigenvalue weighted by molar-refractivity contribution is -0.113. The minimum Gasteiger partial charge on any atom is -0.392 e. The molecule has 0 aliphatic heterocycles. The molecule has 1 amide bonds. The van der Waals surface area contributed by atoms with E-state index in [0.717, 1.165) is 23.9 Å². The number of hydrogen-bond acceptors (Lipinski definition) is 3. The number of para-hydroxylation sites is 1. The molecule has 0 saturated heterocycles. The van der Waals surface area contributed by atoms with Crippen LogP contribution in [0.4, 0.5) is 14.5 Å². The Labute approximate surface area is 125 Å². The molecule has 0 radical (unpaired) electrons. The molecule has 0 spiro atoms. The van der Waals surface area contributed by atoms with Crippen LogP contribution in [-0.2, 0) is 11.4 Å². The van der Waals surface area contributed by atoms with Gasteiger partial charge in [0, 0.05) is 22.2 Å². The number of amides is 1. The molecule has 0 unspecified atom stereocenters. The standard InChI is InChI=1S/C15H13F2NO2S/c16-11-5-6-14(12(17)7-11)21-9-15(20)18-13-4-2-1-3-10(13)8-19/h1-7,19H,8-9H2,(H,18,20). The molecule has 0 aromatic heterocycles. The van der Waals surface area contributed by atoms with Gasteiger partial charge in [-0.3, -0.25) is 4.79 Å². The number of aliphatic hydroxyl groups excluding tert-OH is 1. The van der Waals surface area contributed by atoms with Gasteiger partial charge in [0.05, 0.1) is 12.4 Å². The van der Waals surface area contributed by atoms with Crippen LogP contribution in [-0.4, -0.2) is 16.8 Å². The van der Waals surface area contributed by atoms with Crippen molar-refractivity contribution >= 4 is 23.4 Å². The van der Waals surface area contributed by atoms with E-state index < -0.39 is 11.6 Å². The van der Waals surface area contributed by atoms with Crippen LogP contribution in [0.25, 0.3) is 0 Å². The van der Waals surface area contributed by atoms with Gasteiger partial charge in [0.1, 0.15) is 11.6 Å². The number of anilines is 1. The zero-order valence-corrected chi connectivity index (χ0v) is 11.8. The second-order valence-corrected chi connectivity index (χ2v) is 5.24. The summed E-state index contributed by atoms with van der Waals surface area (Å²) in [7, 11) is 0. The average molecular weight is 309 g/mol. The van der Waals surface area contributed by atoms with Crippen molar-refractivity contribution in [1.29, 1.82) is 0 Å². The maximum Gasteiger partial charge on any atom is 0.234 e. The topological polar surface area (TPSA) is 49.3 Å². The smallest absolute Gasteiger partial charge is 0.234 e. The average Bonchev–Trinajstić information content (AvgIpc) is 2.47. The summed E-state index contributed by atoms with van der Waals surface area (Å²) in [4.78, 5) is 12.0. The Morgan fingerprint density at radius 1 is 1.19 bits per heavy atom. The van der Waals surface area contributed by atoms with Gasteiger partial charge in [-0.05, 0) is 18.2 Å². The van der Waals surface area contributed by atoms with Crippen molar-refractivity contribution in [2.24, 2.45) is 0 Å². The van der Waals surface area contributed by atoms with E-state index in [1.54, 1.807) is 24.3 Å². The zero-order chi connectivity index (χ0) is 15.2. The van der Waals surface area contributed by atoms with Crippen molar-refractivity contribution in [2.75, 3.05) is 11.1 Å². The lowest BCUT2D eigenvalue weighted by Gasteiger charge is -2.09. The van der Waals surface area contributed by atoms with Crippen LogP contribution in [0, 0.1) is 11.6 Å². The Kier molecular flexibility index (Phi) is 5.30. The minimum absolute atomic E-state index is 0.0116. The van der Waals surface area contributed by atoms with Crippen LogP contribution >= 0.6 is 11.8 Å². The summed E-state index contributed by atoms with van der Waals surface area (Å²) < 4.78 is 26.2. The molecular weight excluding hydrogens is 296 g/mol. The van der Waals surface area contributed by atoms with Crippen LogP contribution < -0.4 is 5.32 Å². The molecule has 2 aromatic rings. The first-order valence-corrected chi connectivity index (χ1v) is 7.15. The minimum atomic E-state index is -0.691.